The monoisotopic (exact) mass is 392 g/mol. The quantitative estimate of drug-likeness (QED) is 0.352. The van der Waals surface area contributed by atoms with Crippen molar-refractivity contribution in [3.05, 3.63) is 60.0 Å². The van der Waals surface area contributed by atoms with Crippen LogP contribution in [0.25, 0.3) is 21.9 Å². The molecule has 9 heteroatoms. The molecule has 0 radical (unpaired) electrons. The number of carboxylic acid groups (broad SMARTS) is 1. The number of nitrogens with one attached hydrogen (secondary N) is 3. The zero-order valence-corrected chi connectivity index (χ0v) is 15.0. The lowest BCUT2D eigenvalue weighted by atomic mass is 10.2. The minimum atomic E-state index is -1.06. The fourth-order valence-electron chi connectivity index (χ4n) is 2.96. The van der Waals surface area contributed by atoms with Crippen LogP contribution in [0.2, 0.25) is 0 Å². The maximum atomic E-state index is 12.5. The van der Waals surface area contributed by atoms with Crippen molar-refractivity contribution in [1.82, 2.24) is 4.98 Å². The number of nitrogens with two attached hydrogens (primary N) is 1. The van der Waals surface area contributed by atoms with E-state index in [4.69, 9.17) is 15.3 Å². The van der Waals surface area contributed by atoms with Crippen molar-refractivity contribution < 1.29 is 23.9 Å². The lowest BCUT2D eigenvalue weighted by Gasteiger charge is -2.03. The average molecular weight is 392 g/mol. The number of fused-ring (bicyclic) bond motifs is 2. The largest absolute Gasteiger partial charge is 0.477 e. The van der Waals surface area contributed by atoms with Crippen molar-refractivity contribution in [1.29, 1.82) is 0 Å². The van der Waals surface area contributed by atoms with Crippen LogP contribution in [0.1, 0.15) is 21.0 Å². The highest BCUT2D eigenvalue weighted by atomic mass is 16.4. The van der Waals surface area contributed by atoms with E-state index in [9.17, 15) is 14.4 Å². The number of carboxylic acids is 1. The van der Waals surface area contributed by atoms with Crippen LogP contribution in [0, 0.1) is 0 Å². The van der Waals surface area contributed by atoms with E-state index >= 15 is 0 Å². The van der Waals surface area contributed by atoms with E-state index in [0.717, 1.165) is 0 Å². The second-order valence-corrected chi connectivity index (χ2v) is 6.36. The molecule has 146 valence electrons. The molecule has 0 spiro atoms. The van der Waals surface area contributed by atoms with Gasteiger partial charge in [-0.1, -0.05) is 0 Å². The van der Waals surface area contributed by atoms with E-state index in [2.05, 4.69) is 15.6 Å². The highest BCUT2D eigenvalue weighted by Crippen LogP contribution is 2.25. The molecule has 0 aliphatic heterocycles. The van der Waals surface area contributed by atoms with E-state index in [1.54, 1.807) is 42.5 Å². The summed E-state index contributed by atoms with van der Waals surface area (Å²) in [5, 5.41) is 15.7. The first-order valence-corrected chi connectivity index (χ1v) is 8.64. The number of aromatic amines is 1. The first kappa shape index (κ1) is 18.3. The highest BCUT2D eigenvalue weighted by molar-refractivity contribution is 6.06. The summed E-state index contributed by atoms with van der Waals surface area (Å²) in [6, 6.07) is 13.1. The van der Waals surface area contributed by atoms with Crippen molar-refractivity contribution >= 4 is 51.0 Å². The third-order valence-electron chi connectivity index (χ3n) is 4.32. The number of furan rings is 1. The van der Waals surface area contributed by atoms with Gasteiger partial charge in [0.15, 0.2) is 5.76 Å². The molecule has 0 saturated heterocycles. The Balaban J connectivity index is 1.56. The van der Waals surface area contributed by atoms with Crippen LogP contribution in [-0.4, -0.2) is 34.4 Å². The van der Waals surface area contributed by atoms with Gasteiger partial charge >= 0.3 is 5.97 Å². The maximum Gasteiger partial charge on any atom is 0.352 e. The maximum absolute atomic E-state index is 12.5. The number of hydrogen-bond donors (Lipinski definition) is 5. The molecule has 2 aromatic carbocycles. The second kappa shape index (κ2) is 7.13. The summed E-state index contributed by atoms with van der Waals surface area (Å²) >= 11 is 0. The summed E-state index contributed by atoms with van der Waals surface area (Å²) in [7, 11) is 0. The predicted molar refractivity (Wildman–Crippen MR) is 107 cm³/mol. The zero-order valence-electron chi connectivity index (χ0n) is 15.0. The van der Waals surface area contributed by atoms with Gasteiger partial charge in [-0.3, -0.25) is 9.59 Å². The molecule has 0 aliphatic carbocycles. The molecule has 2 aromatic heterocycles. The third kappa shape index (κ3) is 3.66. The van der Waals surface area contributed by atoms with Crippen molar-refractivity contribution in [2.75, 3.05) is 17.2 Å². The summed E-state index contributed by atoms with van der Waals surface area (Å²) < 4.78 is 5.58. The summed E-state index contributed by atoms with van der Waals surface area (Å²) in [4.78, 5) is 37.8. The van der Waals surface area contributed by atoms with Crippen LogP contribution in [0.15, 0.2) is 52.9 Å². The number of anilines is 2. The van der Waals surface area contributed by atoms with E-state index in [0.29, 0.717) is 33.2 Å². The van der Waals surface area contributed by atoms with Crippen LogP contribution < -0.4 is 16.4 Å². The fraction of sp³-hybridized carbons (Fsp3) is 0.0500. The smallest absolute Gasteiger partial charge is 0.352 e. The molecular formula is C20H16N4O5. The summed E-state index contributed by atoms with van der Waals surface area (Å²) in [5.41, 5.74) is 7.54. The fourth-order valence-corrected chi connectivity index (χ4v) is 2.96. The Hall–Kier alpha value is -4.11. The van der Waals surface area contributed by atoms with Crippen LogP contribution in [0.3, 0.4) is 0 Å². The number of H-pyrrole nitrogens is 1. The first-order chi connectivity index (χ1) is 13.9. The van der Waals surface area contributed by atoms with Gasteiger partial charge < -0.3 is 30.9 Å². The average Bonchev–Trinajstić information content (AvgIpc) is 3.31. The van der Waals surface area contributed by atoms with Crippen molar-refractivity contribution in [2.24, 2.45) is 5.73 Å². The van der Waals surface area contributed by atoms with Crippen molar-refractivity contribution in [3.8, 4) is 0 Å². The Morgan fingerprint density at radius 1 is 0.966 bits per heavy atom. The van der Waals surface area contributed by atoms with Gasteiger partial charge in [-0.25, -0.2) is 4.79 Å². The molecule has 9 nitrogen and oxygen atoms in total. The number of carbonyl (C=O) groups is 3. The molecule has 4 aromatic rings. The SMILES string of the molecule is NCC(=O)Nc1ccc2oc(C(=O)Nc3ccc4[nH]c(C(=O)O)cc4c3)cc2c1. The molecular weight excluding hydrogens is 376 g/mol. The van der Waals surface area contributed by atoms with E-state index in [1.807, 2.05) is 0 Å². The lowest BCUT2D eigenvalue weighted by Crippen LogP contribution is -2.21. The summed E-state index contributed by atoms with van der Waals surface area (Å²) in [6.45, 7) is -0.128. The predicted octanol–water partition coefficient (Wildman–Crippen LogP) is 2.76. The van der Waals surface area contributed by atoms with Crippen LogP contribution in [-0.2, 0) is 4.79 Å². The van der Waals surface area contributed by atoms with Crippen molar-refractivity contribution in [3.63, 3.8) is 0 Å². The minimum absolute atomic E-state index is 0.0679. The summed E-state index contributed by atoms with van der Waals surface area (Å²) in [5.74, 6) is -1.74. The Kier molecular flexibility index (Phi) is 4.49. The number of hydrogen-bond acceptors (Lipinski definition) is 5. The van der Waals surface area contributed by atoms with Gasteiger partial charge in [0.2, 0.25) is 5.91 Å². The summed E-state index contributed by atoms with van der Waals surface area (Å²) in [6.07, 6.45) is 0. The van der Waals surface area contributed by atoms with Gasteiger partial charge in [-0.05, 0) is 48.5 Å². The standard InChI is InChI=1S/C20H16N4O5/c21-9-18(25)22-12-2-4-16-11(6-12)8-17(29-16)19(26)23-13-1-3-14-10(5-13)7-15(24-14)20(27)28/h1-8,24H,9,21H2,(H,22,25)(H,23,26)(H,27,28). The van der Waals surface area contributed by atoms with E-state index in [1.165, 1.54) is 6.07 Å². The van der Waals surface area contributed by atoms with Crippen LogP contribution >= 0.6 is 0 Å². The lowest BCUT2D eigenvalue weighted by molar-refractivity contribution is -0.114. The normalized spacial score (nSPS) is 10.9. The topological polar surface area (TPSA) is 150 Å². The van der Waals surface area contributed by atoms with Gasteiger partial charge in [0, 0.05) is 27.7 Å². The molecule has 29 heavy (non-hydrogen) atoms. The molecule has 2 heterocycles. The molecule has 2 amide bonds. The number of benzene rings is 2. The Morgan fingerprint density at radius 2 is 1.69 bits per heavy atom. The van der Waals surface area contributed by atoms with Gasteiger partial charge in [-0.15, -0.1) is 0 Å². The Morgan fingerprint density at radius 3 is 2.45 bits per heavy atom. The van der Waals surface area contributed by atoms with Crippen LogP contribution in [0.4, 0.5) is 11.4 Å². The number of aromatic carboxylic acids is 1. The Bertz CT molecular complexity index is 1270. The molecule has 0 bridgehead atoms. The molecule has 6 N–H and O–H groups in total. The molecule has 0 fully saturated rings. The zero-order chi connectivity index (χ0) is 20.5. The van der Waals surface area contributed by atoms with Crippen LogP contribution in [0.5, 0.6) is 0 Å². The first-order valence-electron chi connectivity index (χ1n) is 8.64. The number of rotatable bonds is 5. The molecule has 0 saturated carbocycles. The molecule has 0 unspecified atom stereocenters. The molecule has 4 rings (SSSR count). The third-order valence-corrected chi connectivity index (χ3v) is 4.32. The number of aromatic nitrogens is 1. The minimum Gasteiger partial charge on any atom is -0.477 e. The second-order valence-electron chi connectivity index (χ2n) is 6.36. The van der Waals surface area contributed by atoms with Gasteiger partial charge in [-0.2, -0.15) is 0 Å². The van der Waals surface area contributed by atoms with E-state index in [-0.39, 0.29) is 23.9 Å². The Labute approximate surface area is 163 Å². The van der Waals surface area contributed by atoms with Gasteiger partial charge in [0.25, 0.3) is 5.91 Å². The number of amides is 2. The number of carbonyl (C=O) groups excluding carboxylic acids is 2. The van der Waals surface area contributed by atoms with Gasteiger partial charge in [0.1, 0.15) is 11.3 Å². The molecule has 0 aliphatic rings. The van der Waals surface area contributed by atoms with Crippen molar-refractivity contribution in [2.45, 2.75) is 0 Å². The van der Waals surface area contributed by atoms with Gasteiger partial charge in [0.05, 0.1) is 6.54 Å². The molecule has 0 atom stereocenters. The van der Waals surface area contributed by atoms with E-state index < -0.39 is 11.9 Å². The highest BCUT2D eigenvalue weighted by Gasteiger charge is 2.14.